The first-order valence-corrected chi connectivity index (χ1v) is 6.56. The minimum absolute atomic E-state index is 0.00795. The monoisotopic (exact) mass is 287 g/mol. The highest BCUT2D eigenvalue weighted by Gasteiger charge is 2.34. The van der Waals surface area contributed by atoms with Gasteiger partial charge in [0.1, 0.15) is 0 Å². The number of benzene rings is 1. The Morgan fingerprint density at radius 2 is 1.81 bits per heavy atom. The maximum absolute atomic E-state index is 12.1. The van der Waals surface area contributed by atoms with Crippen LogP contribution in [-0.4, -0.2) is 23.6 Å². The Bertz CT molecular complexity index is 696. The van der Waals surface area contributed by atoms with Gasteiger partial charge >= 0.3 is 0 Å². The lowest BCUT2D eigenvalue weighted by atomic mass is 9.83. The third-order valence-corrected chi connectivity index (χ3v) is 3.81. The number of nitrogens with two attached hydrogens (primary N) is 1. The van der Waals surface area contributed by atoms with Gasteiger partial charge in [0.2, 0.25) is 17.7 Å². The summed E-state index contributed by atoms with van der Waals surface area (Å²) < 4.78 is 0. The molecule has 21 heavy (non-hydrogen) atoms. The van der Waals surface area contributed by atoms with Gasteiger partial charge in [-0.3, -0.25) is 29.8 Å². The molecule has 1 atom stereocenters. The molecule has 0 radical (unpaired) electrons. The molecule has 2 aliphatic rings. The number of rotatable bonds is 1. The van der Waals surface area contributed by atoms with Gasteiger partial charge in [-0.1, -0.05) is 6.07 Å². The zero-order valence-electron chi connectivity index (χ0n) is 11.1. The summed E-state index contributed by atoms with van der Waals surface area (Å²) >= 11 is 0. The molecular formula is C14H13N3O4. The Kier molecular flexibility index (Phi) is 2.97. The Labute approximate surface area is 119 Å². The molecule has 4 N–H and O–H groups in total. The van der Waals surface area contributed by atoms with Crippen molar-refractivity contribution in [2.24, 2.45) is 0 Å². The number of piperidine rings is 1. The van der Waals surface area contributed by atoms with Gasteiger partial charge in [0.15, 0.2) is 0 Å². The topological polar surface area (TPSA) is 118 Å². The summed E-state index contributed by atoms with van der Waals surface area (Å²) in [6.07, 6.45) is 0.562. The van der Waals surface area contributed by atoms with E-state index < -0.39 is 23.6 Å². The van der Waals surface area contributed by atoms with Gasteiger partial charge in [0.05, 0.1) is 12.3 Å². The normalized spacial score (nSPS) is 21.6. The molecule has 0 aliphatic carbocycles. The largest absolute Gasteiger partial charge is 0.398 e. The van der Waals surface area contributed by atoms with E-state index in [-0.39, 0.29) is 24.3 Å². The molecule has 1 saturated heterocycles. The molecule has 1 fully saturated rings. The van der Waals surface area contributed by atoms with Crippen molar-refractivity contribution >= 4 is 29.3 Å². The van der Waals surface area contributed by atoms with Crippen molar-refractivity contribution in [2.75, 3.05) is 5.73 Å². The predicted octanol–water partition coefficient (Wildman–Crippen LogP) is -0.399. The number of amides is 4. The molecule has 1 aromatic rings. The van der Waals surface area contributed by atoms with Crippen LogP contribution >= 0.6 is 0 Å². The van der Waals surface area contributed by atoms with Crippen molar-refractivity contribution in [3.05, 3.63) is 28.8 Å². The number of hydrogen-bond donors (Lipinski definition) is 3. The van der Waals surface area contributed by atoms with Crippen molar-refractivity contribution in [3.8, 4) is 0 Å². The van der Waals surface area contributed by atoms with E-state index in [2.05, 4.69) is 10.6 Å². The van der Waals surface area contributed by atoms with Crippen LogP contribution in [0, 0.1) is 0 Å². The van der Waals surface area contributed by atoms with Crippen LogP contribution < -0.4 is 16.4 Å². The molecule has 0 spiro atoms. The minimum Gasteiger partial charge on any atom is -0.398 e. The molecule has 2 aliphatic heterocycles. The molecule has 7 heteroatoms. The lowest BCUT2D eigenvalue weighted by Gasteiger charge is -2.26. The molecular weight excluding hydrogens is 274 g/mol. The number of anilines is 1. The van der Waals surface area contributed by atoms with E-state index in [1.54, 1.807) is 12.1 Å². The molecule has 0 aromatic heterocycles. The molecule has 108 valence electrons. The van der Waals surface area contributed by atoms with Gasteiger partial charge in [-0.25, -0.2) is 0 Å². The van der Waals surface area contributed by atoms with E-state index >= 15 is 0 Å². The summed E-state index contributed by atoms with van der Waals surface area (Å²) in [5.74, 6) is -2.30. The lowest BCUT2D eigenvalue weighted by Crippen LogP contribution is -2.42. The Balaban J connectivity index is 2.10. The third-order valence-electron chi connectivity index (χ3n) is 3.81. The number of carbonyl (C=O) groups excluding carboxylic acids is 4. The summed E-state index contributed by atoms with van der Waals surface area (Å²) in [5, 5.41) is 4.50. The fourth-order valence-corrected chi connectivity index (χ4v) is 2.82. The molecule has 1 aromatic carbocycles. The zero-order valence-corrected chi connectivity index (χ0v) is 11.1. The van der Waals surface area contributed by atoms with Gasteiger partial charge in [-0.05, 0) is 23.6 Å². The third kappa shape index (κ3) is 2.16. The smallest absolute Gasteiger partial charge is 0.258 e. The maximum Gasteiger partial charge on any atom is 0.258 e. The Morgan fingerprint density at radius 1 is 1.05 bits per heavy atom. The highest BCUT2D eigenvalue weighted by atomic mass is 16.2. The average molecular weight is 287 g/mol. The first-order chi connectivity index (χ1) is 9.97. The van der Waals surface area contributed by atoms with E-state index in [9.17, 15) is 19.2 Å². The van der Waals surface area contributed by atoms with Crippen LogP contribution in [0.2, 0.25) is 0 Å². The Morgan fingerprint density at radius 3 is 2.52 bits per heavy atom. The lowest BCUT2D eigenvalue weighted by molar-refractivity contribution is -0.134. The summed E-state index contributed by atoms with van der Waals surface area (Å²) in [6.45, 7) is 0. The van der Waals surface area contributed by atoms with Crippen LogP contribution in [0.3, 0.4) is 0 Å². The number of nitrogens with one attached hydrogen (secondary N) is 2. The van der Waals surface area contributed by atoms with Gasteiger partial charge in [0.25, 0.3) is 5.91 Å². The van der Waals surface area contributed by atoms with Gasteiger partial charge in [-0.2, -0.15) is 0 Å². The average Bonchev–Trinajstić information content (AvgIpc) is 2.40. The van der Waals surface area contributed by atoms with Crippen LogP contribution in [-0.2, 0) is 20.8 Å². The summed E-state index contributed by atoms with van der Waals surface area (Å²) in [7, 11) is 0. The van der Waals surface area contributed by atoms with Crippen molar-refractivity contribution in [1.82, 2.24) is 10.6 Å². The second-order valence-electron chi connectivity index (χ2n) is 5.16. The van der Waals surface area contributed by atoms with Gasteiger partial charge in [0, 0.05) is 17.7 Å². The van der Waals surface area contributed by atoms with Gasteiger partial charge < -0.3 is 5.73 Å². The summed E-state index contributed by atoms with van der Waals surface area (Å²) in [6, 6.07) is 3.20. The maximum atomic E-state index is 12.1. The van der Waals surface area contributed by atoms with Gasteiger partial charge in [-0.15, -0.1) is 0 Å². The number of carbonyl (C=O) groups is 4. The fraction of sp³-hybridized carbons (Fsp3) is 0.286. The van der Waals surface area contributed by atoms with E-state index in [1.165, 1.54) is 0 Å². The standard InChI is InChI=1S/C14H13N3O4/c15-9-3-1-6(7-2-4-10(18)16-13(7)20)12-8(9)5-11(19)17-14(12)21/h1,3,7H,2,4-5,15H2,(H,16,18,20)(H,17,19,21). The first-order valence-electron chi connectivity index (χ1n) is 6.56. The summed E-state index contributed by atoms with van der Waals surface area (Å²) in [4.78, 5) is 46.8. The van der Waals surface area contributed by atoms with E-state index in [4.69, 9.17) is 5.73 Å². The van der Waals surface area contributed by atoms with Crippen molar-refractivity contribution in [1.29, 1.82) is 0 Å². The molecule has 0 bridgehead atoms. The van der Waals surface area contributed by atoms with Crippen molar-refractivity contribution in [3.63, 3.8) is 0 Å². The van der Waals surface area contributed by atoms with E-state index in [0.717, 1.165) is 0 Å². The first kappa shape index (κ1) is 13.3. The number of fused-ring (bicyclic) bond motifs is 1. The number of nitrogen functional groups attached to an aromatic ring is 1. The zero-order chi connectivity index (χ0) is 15.1. The number of hydrogen-bond acceptors (Lipinski definition) is 5. The quantitative estimate of drug-likeness (QED) is 0.480. The van der Waals surface area contributed by atoms with E-state index in [1.807, 2.05) is 0 Å². The van der Waals surface area contributed by atoms with Crippen LogP contribution in [0.25, 0.3) is 0 Å². The summed E-state index contributed by atoms with van der Waals surface area (Å²) in [5.41, 5.74) is 7.43. The molecule has 7 nitrogen and oxygen atoms in total. The highest BCUT2D eigenvalue weighted by Crippen LogP contribution is 2.33. The van der Waals surface area contributed by atoms with Crippen LogP contribution in [0.5, 0.6) is 0 Å². The van der Waals surface area contributed by atoms with Crippen molar-refractivity contribution in [2.45, 2.75) is 25.2 Å². The Hall–Kier alpha value is -2.70. The van der Waals surface area contributed by atoms with Crippen LogP contribution in [0.15, 0.2) is 12.1 Å². The van der Waals surface area contributed by atoms with Crippen LogP contribution in [0.4, 0.5) is 5.69 Å². The minimum atomic E-state index is -0.587. The number of imide groups is 2. The SMILES string of the molecule is Nc1ccc(C2CCC(=O)NC2=O)c2c1CC(=O)NC2=O. The second kappa shape index (κ2) is 4.69. The fourth-order valence-electron chi connectivity index (χ4n) is 2.82. The predicted molar refractivity (Wildman–Crippen MR) is 72.2 cm³/mol. The van der Waals surface area contributed by atoms with Crippen molar-refractivity contribution < 1.29 is 19.2 Å². The molecule has 1 unspecified atom stereocenters. The molecule has 2 heterocycles. The molecule has 0 saturated carbocycles. The van der Waals surface area contributed by atoms with E-state index in [0.29, 0.717) is 23.2 Å². The highest BCUT2D eigenvalue weighted by molar-refractivity contribution is 6.13. The molecule has 4 amide bonds. The molecule has 3 rings (SSSR count). The van der Waals surface area contributed by atoms with Crippen LogP contribution in [0.1, 0.15) is 40.2 Å². The second-order valence-corrected chi connectivity index (χ2v) is 5.16.